The maximum absolute atomic E-state index is 11.1. The number of H-pyrrole nitrogens is 1. The van der Waals surface area contributed by atoms with E-state index < -0.39 is 0 Å². The number of nitrogens with one attached hydrogen (secondary N) is 2. The molecule has 5 nitrogen and oxygen atoms in total. The van der Waals surface area contributed by atoms with Crippen molar-refractivity contribution in [3.63, 3.8) is 0 Å². The van der Waals surface area contributed by atoms with E-state index in [2.05, 4.69) is 16.9 Å². The van der Waals surface area contributed by atoms with Gasteiger partial charge in [-0.1, -0.05) is 52.1 Å². The molecule has 1 atom stereocenters. The Hall–Kier alpha value is -1.34. The summed E-state index contributed by atoms with van der Waals surface area (Å²) in [5, 5.41) is 1.90. The van der Waals surface area contributed by atoms with Crippen LogP contribution in [0.3, 0.4) is 0 Å². The summed E-state index contributed by atoms with van der Waals surface area (Å²) in [5.74, 6) is 0.743. The summed E-state index contributed by atoms with van der Waals surface area (Å²) in [6.45, 7) is 11.8. The normalized spacial score (nSPS) is 18.6. The van der Waals surface area contributed by atoms with Gasteiger partial charge in [-0.15, -0.1) is 11.3 Å². The Bertz CT molecular complexity index is 688. The molecule has 1 fully saturated rings. The molecule has 122 valence electrons. The molecule has 0 radical (unpaired) electrons. The maximum atomic E-state index is 11.1. The van der Waals surface area contributed by atoms with Crippen LogP contribution in [0, 0.1) is 11.8 Å². The standard InChI is InChI=1S/C8H11NOS.C7H11NO2S/c1-5(2)4-7-8(10)9-6(3)11-7;1-4(2)3-5-6(9)8-7(10)11-5/h4-5H,3H2,1-2H3,(H,9,10);4-5H,3H2,1-2H3,(H,8,9,10). The minimum absolute atomic E-state index is 0.0197. The first-order chi connectivity index (χ1) is 10.2. The van der Waals surface area contributed by atoms with Crippen LogP contribution >= 0.6 is 23.1 Å². The van der Waals surface area contributed by atoms with Crippen molar-refractivity contribution in [2.75, 3.05) is 0 Å². The SMILES string of the molecule is C=c1[nH]c(=O)c(=CC(C)C)s1.CC(C)CC1SC(=O)NC1=O. The molecule has 1 unspecified atom stereocenters. The van der Waals surface area contributed by atoms with Gasteiger partial charge >= 0.3 is 0 Å². The number of rotatable bonds is 3. The summed E-state index contributed by atoms with van der Waals surface area (Å²) in [4.78, 5) is 35.3. The summed E-state index contributed by atoms with van der Waals surface area (Å²) in [6, 6.07) is 0. The van der Waals surface area contributed by atoms with Gasteiger partial charge in [-0.2, -0.15) is 0 Å². The molecule has 0 aromatic carbocycles. The predicted molar refractivity (Wildman–Crippen MR) is 93.4 cm³/mol. The van der Waals surface area contributed by atoms with E-state index in [4.69, 9.17) is 0 Å². The molecule has 0 saturated carbocycles. The molecule has 1 saturated heterocycles. The highest BCUT2D eigenvalue weighted by molar-refractivity contribution is 8.15. The smallest absolute Gasteiger partial charge is 0.286 e. The fourth-order valence-electron chi connectivity index (χ4n) is 1.78. The number of hydrogen-bond acceptors (Lipinski definition) is 5. The van der Waals surface area contributed by atoms with E-state index in [-0.39, 0.29) is 22.0 Å². The summed E-state index contributed by atoms with van der Waals surface area (Å²) < 4.78 is 1.49. The van der Waals surface area contributed by atoms with E-state index in [0.717, 1.165) is 27.4 Å². The first-order valence-electron chi connectivity index (χ1n) is 7.10. The molecule has 22 heavy (non-hydrogen) atoms. The number of carbonyl (C=O) groups is 2. The molecule has 1 aromatic rings. The van der Waals surface area contributed by atoms with Crippen LogP contribution < -0.4 is 20.1 Å². The monoisotopic (exact) mass is 342 g/mol. The van der Waals surface area contributed by atoms with Crippen molar-refractivity contribution >= 4 is 46.9 Å². The zero-order valence-corrected chi connectivity index (χ0v) is 14.9. The Morgan fingerprint density at radius 3 is 2.23 bits per heavy atom. The Kier molecular flexibility index (Phi) is 7.09. The second-order valence-electron chi connectivity index (χ2n) is 5.77. The zero-order chi connectivity index (χ0) is 16.9. The molecular formula is C15H22N2O3S2. The summed E-state index contributed by atoms with van der Waals surface area (Å²) in [5.41, 5.74) is -0.0197. The van der Waals surface area contributed by atoms with Gasteiger partial charge in [0.25, 0.3) is 10.8 Å². The van der Waals surface area contributed by atoms with Crippen molar-refractivity contribution in [1.82, 2.24) is 10.3 Å². The topological polar surface area (TPSA) is 79.0 Å². The number of imide groups is 1. The molecular weight excluding hydrogens is 320 g/mol. The van der Waals surface area contributed by atoms with Crippen LogP contribution in [-0.4, -0.2) is 21.4 Å². The van der Waals surface area contributed by atoms with E-state index in [1.807, 2.05) is 33.8 Å². The molecule has 1 aliphatic rings. The van der Waals surface area contributed by atoms with Crippen molar-refractivity contribution in [1.29, 1.82) is 0 Å². The van der Waals surface area contributed by atoms with Crippen molar-refractivity contribution in [3.05, 3.63) is 19.5 Å². The van der Waals surface area contributed by atoms with Crippen LogP contribution in [-0.2, 0) is 4.79 Å². The highest BCUT2D eigenvalue weighted by Gasteiger charge is 2.31. The van der Waals surface area contributed by atoms with Gasteiger partial charge in [-0.05, 0) is 18.3 Å². The molecule has 2 N–H and O–H groups in total. The van der Waals surface area contributed by atoms with Crippen molar-refractivity contribution in [3.8, 4) is 0 Å². The summed E-state index contributed by atoms with van der Waals surface area (Å²) in [7, 11) is 0. The van der Waals surface area contributed by atoms with Gasteiger partial charge in [0.2, 0.25) is 5.91 Å². The Balaban J connectivity index is 0.000000220. The first kappa shape index (κ1) is 18.7. The van der Waals surface area contributed by atoms with Gasteiger partial charge in [-0.25, -0.2) is 0 Å². The third-order valence-electron chi connectivity index (χ3n) is 2.65. The molecule has 7 heteroatoms. The number of amides is 2. The van der Waals surface area contributed by atoms with Crippen molar-refractivity contribution in [2.45, 2.75) is 39.4 Å². The molecule has 2 heterocycles. The molecule has 0 spiro atoms. The molecule has 1 aliphatic heterocycles. The van der Waals surface area contributed by atoms with E-state index in [0.29, 0.717) is 11.8 Å². The molecule has 0 bridgehead atoms. The van der Waals surface area contributed by atoms with Gasteiger partial charge in [0, 0.05) is 0 Å². The number of thiazole rings is 1. The number of aromatic amines is 1. The average molecular weight is 342 g/mol. The molecule has 1 aromatic heterocycles. The second-order valence-corrected chi connectivity index (χ2v) is 8.08. The Morgan fingerprint density at radius 2 is 1.86 bits per heavy atom. The van der Waals surface area contributed by atoms with Gasteiger partial charge in [-0.3, -0.25) is 19.7 Å². The lowest BCUT2D eigenvalue weighted by Crippen LogP contribution is -2.24. The van der Waals surface area contributed by atoms with Crippen LogP contribution in [0.4, 0.5) is 4.79 Å². The summed E-state index contributed by atoms with van der Waals surface area (Å²) >= 11 is 2.51. The third-order valence-corrected chi connectivity index (χ3v) is 4.54. The van der Waals surface area contributed by atoms with E-state index >= 15 is 0 Å². The second kappa shape index (κ2) is 8.33. The number of carbonyl (C=O) groups excluding carboxylic acids is 2. The van der Waals surface area contributed by atoms with E-state index in [1.165, 1.54) is 11.3 Å². The van der Waals surface area contributed by atoms with Crippen LogP contribution in [0.15, 0.2) is 4.79 Å². The predicted octanol–water partition coefficient (Wildman–Crippen LogP) is 1.67. The zero-order valence-electron chi connectivity index (χ0n) is 13.3. The minimum atomic E-state index is -0.208. The highest BCUT2D eigenvalue weighted by Crippen LogP contribution is 2.24. The first-order valence-corrected chi connectivity index (χ1v) is 8.80. The van der Waals surface area contributed by atoms with Gasteiger partial charge in [0.05, 0.1) is 14.4 Å². The van der Waals surface area contributed by atoms with Crippen LogP contribution in [0.25, 0.3) is 12.7 Å². The highest BCUT2D eigenvalue weighted by atomic mass is 32.2. The lowest BCUT2D eigenvalue weighted by molar-refractivity contribution is -0.119. The van der Waals surface area contributed by atoms with Crippen LogP contribution in [0.5, 0.6) is 0 Å². The maximum Gasteiger partial charge on any atom is 0.286 e. The number of hydrogen-bond donors (Lipinski definition) is 2. The van der Waals surface area contributed by atoms with E-state index in [9.17, 15) is 14.4 Å². The van der Waals surface area contributed by atoms with Gasteiger partial charge in [0.1, 0.15) is 0 Å². The van der Waals surface area contributed by atoms with Gasteiger partial charge in [0.15, 0.2) is 0 Å². The average Bonchev–Trinajstić information content (AvgIpc) is 2.81. The number of thioether (sulfide) groups is 1. The van der Waals surface area contributed by atoms with Crippen LogP contribution in [0.1, 0.15) is 34.1 Å². The lowest BCUT2D eigenvalue weighted by Gasteiger charge is -2.06. The largest absolute Gasteiger partial charge is 0.313 e. The van der Waals surface area contributed by atoms with E-state index in [1.54, 1.807) is 0 Å². The minimum Gasteiger partial charge on any atom is -0.313 e. The van der Waals surface area contributed by atoms with Crippen molar-refractivity contribution < 1.29 is 9.59 Å². The van der Waals surface area contributed by atoms with Crippen molar-refractivity contribution in [2.24, 2.45) is 11.8 Å². The fourth-order valence-corrected chi connectivity index (χ4v) is 3.74. The number of aromatic nitrogens is 1. The third kappa shape index (κ3) is 6.19. The van der Waals surface area contributed by atoms with Gasteiger partial charge < -0.3 is 4.98 Å². The van der Waals surface area contributed by atoms with Crippen LogP contribution in [0.2, 0.25) is 0 Å². The molecule has 2 amide bonds. The Labute approximate surface area is 137 Å². The molecule has 2 rings (SSSR count). The lowest BCUT2D eigenvalue weighted by atomic mass is 10.1. The fraction of sp³-hybridized carbons (Fsp3) is 0.533. The molecule has 0 aliphatic carbocycles. The summed E-state index contributed by atoms with van der Waals surface area (Å²) in [6.07, 6.45) is 2.72. The Morgan fingerprint density at radius 1 is 1.23 bits per heavy atom. The quantitative estimate of drug-likeness (QED) is 0.876.